The fourth-order valence-electron chi connectivity index (χ4n) is 2.49. The number of anilines is 2. The summed E-state index contributed by atoms with van der Waals surface area (Å²) in [5.74, 6) is 0.0190. The second-order valence-corrected chi connectivity index (χ2v) is 5.28. The van der Waals surface area contributed by atoms with E-state index in [-0.39, 0.29) is 18.1 Å². The molecule has 1 aromatic heterocycles. The number of hydrogen-bond donors (Lipinski definition) is 1. The maximum Gasteiger partial charge on any atom is 0.228 e. The molecule has 1 aromatic carbocycles. The number of nitrogens with zero attached hydrogens (tertiary/aromatic N) is 3. The predicted molar refractivity (Wildman–Crippen MR) is 82.2 cm³/mol. The lowest BCUT2D eigenvalue weighted by molar-refractivity contribution is -0.115. The number of hydrogen-bond acceptors (Lipinski definition) is 4. The molecule has 1 saturated heterocycles. The number of carbonyl (C=O) groups is 1. The van der Waals surface area contributed by atoms with Crippen molar-refractivity contribution >= 4 is 17.5 Å². The highest BCUT2D eigenvalue weighted by Gasteiger charge is 2.15. The maximum absolute atomic E-state index is 13.5. The number of amides is 1. The Labute approximate surface area is 128 Å². The Morgan fingerprint density at radius 3 is 2.55 bits per heavy atom. The summed E-state index contributed by atoms with van der Waals surface area (Å²) in [6, 6.07) is 6.25. The zero-order chi connectivity index (χ0) is 15.4. The maximum atomic E-state index is 13.5. The second kappa shape index (κ2) is 6.51. The van der Waals surface area contributed by atoms with Crippen molar-refractivity contribution in [3.05, 3.63) is 48.0 Å². The lowest BCUT2D eigenvalue weighted by atomic mass is 10.1. The van der Waals surface area contributed by atoms with Gasteiger partial charge in [0.15, 0.2) is 0 Å². The first-order chi connectivity index (χ1) is 10.7. The molecule has 2 aromatic rings. The normalized spacial score (nSPS) is 14.1. The molecule has 0 saturated carbocycles. The van der Waals surface area contributed by atoms with Crippen molar-refractivity contribution in [1.82, 2.24) is 9.97 Å². The number of rotatable bonds is 4. The van der Waals surface area contributed by atoms with Crippen molar-refractivity contribution < 1.29 is 9.18 Å². The number of halogens is 1. The Hall–Kier alpha value is -2.50. The van der Waals surface area contributed by atoms with Crippen molar-refractivity contribution in [1.29, 1.82) is 0 Å². The molecule has 6 heteroatoms. The van der Waals surface area contributed by atoms with Crippen LogP contribution in [0.4, 0.5) is 16.0 Å². The van der Waals surface area contributed by atoms with Crippen molar-refractivity contribution in [3.63, 3.8) is 0 Å². The van der Waals surface area contributed by atoms with Crippen molar-refractivity contribution in [2.24, 2.45) is 0 Å². The lowest BCUT2D eigenvalue weighted by Crippen LogP contribution is -2.21. The van der Waals surface area contributed by atoms with Gasteiger partial charge in [0, 0.05) is 13.1 Å². The van der Waals surface area contributed by atoms with E-state index in [4.69, 9.17) is 0 Å². The van der Waals surface area contributed by atoms with E-state index in [9.17, 15) is 9.18 Å². The molecule has 0 spiro atoms. The lowest BCUT2D eigenvalue weighted by Gasteiger charge is -2.14. The van der Waals surface area contributed by atoms with Crippen molar-refractivity contribution in [2.45, 2.75) is 19.3 Å². The fourth-order valence-corrected chi connectivity index (χ4v) is 2.49. The molecule has 0 unspecified atom stereocenters. The highest BCUT2D eigenvalue weighted by Crippen LogP contribution is 2.16. The van der Waals surface area contributed by atoms with Gasteiger partial charge in [-0.2, -0.15) is 0 Å². The van der Waals surface area contributed by atoms with E-state index in [0.29, 0.717) is 17.2 Å². The molecule has 22 heavy (non-hydrogen) atoms. The van der Waals surface area contributed by atoms with Crippen LogP contribution in [0.3, 0.4) is 0 Å². The standard InChI is InChI=1S/C16H17FN4O/c17-14-6-2-1-5-12(14)9-15(22)20-13-10-18-16(19-11-13)21-7-3-4-8-21/h1-2,5-6,10-11H,3-4,7-9H2,(H,20,22). The third-order valence-corrected chi connectivity index (χ3v) is 3.62. The Morgan fingerprint density at radius 1 is 1.18 bits per heavy atom. The third kappa shape index (κ3) is 3.39. The van der Waals surface area contributed by atoms with Gasteiger partial charge in [0.25, 0.3) is 0 Å². The van der Waals surface area contributed by atoms with Crippen LogP contribution in [0.25, 0.3) is 0 Å². The van der Waals surface area contributed by atoms with E-state index in [0.717, 1.165) is 25.9 Å². The van der Waals surface area contributed by atoms with Gasteiger partial charge in [-0.25, -0.2) is 14.4 Å². The van der Waals surface area contributed by atoms with Gasteiger partial charge in [-0.15, -0.1) is 0 Å². The van der Waals surface area contributed by atoms with Gasteiger partial charge in [0.1, 0.15) is 5.82 Å². The number of carbonyl (C=O) groups excluding carboxylic acids is 1. The first kappa shape index (κ1) is 14.4. The molecule has 1 aliphatic heterocycles. The van der Waals surface area contributed by atoms with Crippen LogP contribution >= 0.6 is 0 Å². The molecule has 0 radical (unpaired) electrons. The summed E-state index contributed by atoms with van der Waals surface area (Å²) in [6.07, 6.45) is 5.47. The van der Waals surface area contributed by atoms with E-state index in [1.807, 2.05) is 0 Å². The summed E-state index contributed by atoms with van der Waals surface area (Å²) in [5.41, 5.74) is 0.888. The van der Waals surface area contributed by atoms with Crippen LogP contribution < -0.4 is 10.2 Å². The third-order valence-electron chi connectivity index (χ3n) is 3.62. The summed E-state index contributed by atoms with van der Waals surface area (Å²) in [6.45, 7) is 1.94. The van der Waals surface area contributed by atoms with Gasteiger partial charge in [-0.3, -0.25) is 4.79 Å². The largest absolute Gasteiger partial charge is 0.341 e. The Balaban J connectivity index is 1.60. The quantitative estimate of drug-likeness (QED) is 0.942. The summed E-state index contributed by atoms with van der Waals surface area (Å²) in [4.78, 5) is 22.6. The average molecular weight is 300 g/mol. The SMILES string of the molecule is O=C(Cc1ccccc1F)Nc1cnc(N2CCCC2)nc1. The van der Waals surface area contributed by atoms with Crippen LogP contribution in [0.1, 0.15) is 18.4 Å². The van der Waals surface area contributed by atoms with Crippen LogP contribution in [-0.2, 0) is 11.2 Å². The van der Waals surface area contributed by atoms with E-state index < -0.39 is 0 Å². The Morgan fingerprint density at radius 2 is 1.86 bits per heavy atom. The van der Waals surface area contributed by atoms with Crippen molar-refractivity contribution in [2.75, 3.05) is 23.3 Å². The van der Waals surface area contributed by atoms with Crippen molar-refractivity contribution in [3.8, 4) is 0 Å². The molecular weight excluding hydrogens is 283 g/mol. The summed E-state index contributed by atoms with van der Waals surface area (Å²) in [7, 11) is 0. The molecule has 1 aliphatic rings. The van der Waals surface area contributed by atoms with Gasteiger partial charge in [-0.05, 0) is 24.5 Å². The first-order valence-electron chi connectivity index (χ1n) is 7.32. The predicted octanol–water partition coefficient (Wildman–Crippen LogP) is 2.40. The highest BCUT2D eigenvalue weighted by molar-refractivity contribution is 5.92. The van der Waals surface area contributed by atoms with Gasteiger partial charge in [-0.1, -0.05) is 18.2 Å². The number of benzene rings is 1. The number of nitrogens with one attached hydrogen (secondary N) is 1. The zero-order valence-electron chi connectivity index (χ0n) is 12.1. The van der Waals surface area contributed by atoms with Crippen LogP contribution in [-0.4, -0.2) is 29.0 Å². The second-order valence-electron chi connectivity index (χ2n) is 5.28. The average Bonchev–Trinajstić information content (AvgIpc) is 3.05. The van der Waals surface area contributed by atoms with Gasteiger partial charge in [0.2, 0.25) is 11.9 Å². The van der Waals surface area contributed by atoms with Crippen LogP contribution in [0.2, 0.25) is 0 Å². The minimum Gasteiger partial charge on any atom is -0.341 e. The van der Waals surface area contributed by atoms with E-state index in [2.05, 4.69) is 20.2 Å². The molecule has 0 atom stereocenters. The van der Waals surface area contributed by atoms with Crippen LogP contribution in [0.5, 0.6) is 0 Å². The monoisotopic (exact) mass is 300 g/mol. The molecule has 3 rings (SSSR count). The van der Waals surface area contributed by atoms with E-state index >= 15 is 0 Å². The number of aromatic nitrogens is 2. The van der Waals surface area contributed by atoms with E-state index in [1.54, 1.807) is 30.6 Å². The molecular formula is C16H17FN4O. The highest BCUT2D eigenvalue weighted by atomic mass is 19.1. The molecule has 5 nitrogen and oxygen atoms in total. The van der Waals surface area contributed by atoms with Crippen LogP contribution in [0.15, 0.2) is 36.7 Å². The molecule has 2 heterocycles. The molecule has 1 N–H and O–H groups in total. The zero-order valence-corrected chi connectivity index (χ0v) is 12.1. The van der Waals surface area contributed by atoms with Crippen LogP contribution in [0, 0.1) is 5.82 Å². The molecule has 1 fully saturated rings. The summed E-state index contributed by atoms with van der Waals surface area (Å²) in [5, 5.41) is 2.69. The van der Waals surface area contributed by atoms with Gasteiger partial charge >= 0.3 is 0 Å². The minimum atomic E-state index is -0.377. The molecule has 0 bridgehead atoms. The summed E-state index contributed by atoms with van der Waals surface area (Å²) >= 11 is 0. The Kier molecular flexibility index (Phi) is 4.27. The van der Waals surface area contributed by atoms with Gasteiger partial charge < -0.3 is 10.2 Å². The fraction of sp³-hybridized carbons (Fsp3) is 0.312. The summed E-state index contributed by atoms with van der Waals surface area (Å²) < 4.78 is 13.5. The Bertz CT molecular complexity index is 653. The topological polar surface area (TPSA) is 58.1 Å². The molecule has 1 amide bonds. The minimum absolute atomic E-state index is 0.0133. The van der Waals surface area contributed by atoms with E-state index in [1.165, 1.54) is 6.07 Å². The first-order valence-corrected chi connectivity index (χ1v) is 7.32. The smallest absolute Gasteiger partial charge is 0.228 e. The molecule has 114 valence electrons. The molecule has 0 aliphatic carbocycles. The van der Waals surface area contributed by atoms with Gasteiger partial charge in [0.05, 0.1) is 24.5 Å².